The number of hydrogen-bond donors (Lipinski definition) is 2. The van der Waals surface area contributed by atoms with Gasteiger partial charge in [0.05, 0.1) is 0 Å². The van der Waals surface area contributed by atoms with E-state index >= 15 is 0 Å². The monoisotopic (exact) mass is 352 g/mol. The zero-order valence-corrected chi connectivity index (χ0v) is 15.4. The van der Waals surface area contributed by atoms with Crippen LogP contribution in [0, 0.1) is 0 Å². The first-order valence-corrected chi connectivity index (χ1v) is 9.25. The topological polar surface area (TPSA) is 47.6 Å². The van der Waals surface area contributed by atoms with Gasteiger partial charge in [0.1, 0.15) is 0 Å². The van der Waals surface area contributed by atoms with Crippen LogP contribution in [-0.2, 0) is 6.54 Å². The molecular formula is C21H28N4O. The number of nitrogens with one attached hydrogen (secondary N) is 2. The van der Waals surface area contributed by atoms with Crippen molar-refractivity contribution in [3.63, 3.8) is 0 Å². The predicted molar refractivity (Wildman–Crippen MR) is 105 cm³/mol. The molecule has 26 heavy (non-hydrogen) atoms. The second-order valence-corrected chi connectivity index (χ2v) is 6.82. The summed E-state index contributed by atoms with van der Waals surface area (Å²) in [6.07, 6.45) is 0. The molecule has 0 spiro atoms. The summed E-state index contributed by atoms with van der Waals surface area (Å²) in [6.45, 7) is 5.14. The maximum absolute atomic E-state index is 12.0. The lowest BCUT2D eigenvalue weighted by atomic mass is 10.0. The molecular weight excluding hydrogens is 324 g/mol. The van der Waals surface area contributed by atoms with Gasteiger partial charge in [-0.1, -0.05) is 60.7 Å². The second-order valence-electron chi connectivity index (χ2n) is 6.82. The minimum Gasteiger partial charge on any atom is -0.337 e. The van der Waals surface area contributed by atoms with Crippen LogP contribution in [-0.4, -0.2) is 55.6 Å². The normalized spacial score (nSPS) is 18.4. The number of piperazine rings is 1. The third kappa shape index (κ3) is 5.31. The Morgan fingerprint density at radius 1 is 1.00 bits per heavy atom. The number of rotatable bonds is 6. The fourth-order valence-corrected chi connectivity index (χ4v) is 3.37. The summed E-state index contributed by atoms with van der Waals surface area (Å²) in [5.41, 5.74) is 2.44. The summed E-state index contributed by atoms with van der Waals surface area (Å²) in [5, 5.41) is 5.89. The number of urea groups is 1. The van der Waals surface area contributed by atoms with Gasteiger partial charge in [-0.2, -0.15) is 0 Å². The molecule has 1 aliphatic heterocycles. The first kappa shape index (κ1) is 18.4. The molecule has 2 aromatic rings. The number of carbonyl (C=O) groups is 1. The molecule has 3 rings (SSSR count). The molecule has 0 bridgehead atoms. The van der Waals surface area contributed by atoms with E-state index < -0.39 is 0 Å². The zero-order chi connectivity index (χ0) is 18.2. The molecule has 0 aliphatic carbocycles. The molecule has 5 nitrogen and oxygen atoms in total. The van der Waals surface area contributed by atoms with E-state index in [-0.39, 0.29) is 6.03 Å². The van der Waals surface area contributed by atoms with Gasteiger partial charge < -0.3 is 15.5 Å². The highest BCUT2D eigenvalue weighted by Gasteiger charge is 2.26. The standard InChI is InChI=1S/C21H28N4O/c1-24-14-15-25(20(17-24)19-10-6-3-7-11-19)13-12-22-21(26)23-16-18-8-4-2-5-9-18/h2-11,20H,12-17H2,1H3,(H2,22,23,26)/t20-/m0/s1. The van der Waals surface area contributed by atoms with Crippen LogP contribution in [0.15, 0.2) is 60.7 Å². The van der Waals surface area contributed by atoms with Gasteiger partial charge in [-0.05, 0) is 18.2 Å². The highest BCUT2D eigenvalue weighted by molar-refractivity contribution is 5.73. The summed E-state index contributed by atoms with van der Waals surface area (Å²) >= 11 is 0. The van der Waals surface area contributed by atoms with E-state index in [2.05, 4.69) is 57.8 Å². The molecule has 0 saturated carbocycles. The van der Waals surface area contributed by atoms with Gasteiger partial charge in [0, 0.05) is 45.3 Å². The molecule has 2 amide bonds. The van der Waals surface area contributed by atoms with Crippen molar-refractivity contribution >= 4 is 6.03 Å². The van der Waals surface area contributed by atoms with Crippen LogP contribution < -0.4 is 10.6 Å². The Balaban J connectivity index is 1.46. The van der Waals surface area contributed by atoms with Crippen LogP contribution in [0.5, 0.6) is 0 Å². The van der Waals surface area contributed by atoms with Gasteiger partial charge in [-0.3, -0.25) is 4.90 Å². The number of nitrogens with zero attached hydrogens (tertiary/aromatic N) is 2. The number of likely N-dealkylation sites (N-methyl/N-ethyl adjacent to an activating group) is 1. The van der Waals surface area contributed by atoms with Gasteiger partial charge in [-0.25, -0.2) is 4.79 Å². The third-order valence-corrected chi connectivity index (χ3v) is 4.86. The van der Waals surface area contributed by atoms with Crippen LogP contribution >= 0.6 is 0 Å². The largest absolute Gasteiger partial charge is 0.337 e. The molecule has 2 aromatic carbocycles. The molecule has 1 heterocycles. The molecule has 1 atom stereocenters. The van der Waals surface area contributed by atoms with E-state index in [1.165, 1.54) is 5.56 Å². The second kappa shape index (κ2) is 9.36. The average molecular weight is 352 g/mol. The van der Waals surface area contributed by atoms with Gasteiger partial charge in [0.25, 0.3) is 0 Å². The fourth-order valence-electron chi connectivity index (χ4n) is 3.37. The minimum absolute atomic E-state index is 0.112. The van der Waals surface area contributed by atoms with Crippen LogP contribution in [0.25, 0.3) is 0 Å². The molecule has 138 valence electrons. The van der Waals surface area contributed by atoms with E-state index in [4.69, 9.17) is 0 Å². The summed E-state index contributed by atoms with van der Waals surface area (Å²) in [7, 11) is 2.17. The highest BCUT2D eigenvalue weighted by atomic mass is 16.2. The van der Waals surface area contributed by atoms with Crippen LogP contribution in [0.1, 0.15) is 17.2 Å². The summed E-state index contributed by atoms with van der Waals surface area (Å²) in [4.78, 5) is 16.8. The van der Waals surface area contributed by atoms with E-state index in [0.717, 1.165) is 31.7 Å². The smallest absolute Gasteiger partial charge is 0.315 e. The number of amides is 2. The van der Waals surface area contributed by atoms with Crippen molar-refractivity contribution in [2.45, 2.75) is 12.6 Å². The van der Waals surface area contributed by atoms with Gasteiger partial charge in [0.2, 0.25) is 0 Å². The Kier molecular flexibility index (Phi) is 6.63. The molecule has 5 heteroatoms. The Morgan fingerprint density at radius 2 is 1.69 bits per heavy atom. The van der Waals surface area contributed by atoms with Crippen molar-refractivity contribution in [3.8, 4) is 0 Å². The highest BCUT2D eigenvalue weighted by Crippen LogP contribution is 2.24. The Labute approximate surface area is 156 Å². The van der Waals surface area contributed by atoms with Gasteiger partial charge >= 0.3 is 6.03 Å². The van der Waals surface area contributed by atoms with Crippen molar-refractivity contribution in [1.82, 2.24) is 20.4 Å². The first-order valence-electron chi connectivity index (χ1n) is 9.25. The van der Waals surface area contributed by atoms with Crippen LogP contribution in [0.2, 0.25) is 0 Å². The van der Waals surface area contributed by atoms with E-state index in [1.807, 2.05) is 30.3 Å². The van der Waals surface area contributed by atoms with Crippen molar-refractivity contribution < 1.29 is 4.79 Å². The summed E-state index contributed by atoms with van der Waals surface area (Å²) in [5.74, 6) is 0. The van der Waals surface area contributed by atoms with Crippen molar-refractivity contribution in [2.75, 3.05) is 39.8 Å². The average Bonchev–Trinajstić information content (AvgIpc) is 2.69. The molecule has 0 aromatic heterocycles. The maximum Gasteiger partial charge on any atom is 0.315 e. The van der Waals surface area contributed by atoms with E-state index in [9.17, 15) is 4.79 Å². The van der Waals surface area contributed by atoms with Gasteiger partial charge in [-0.15, -0.1) is 0 Å². The number of carbonyl (C=O) groups excluding carboxylic acids is 1. The van der Waals surface area contributed by atoms with Crippen LogP contribution in [0.3, 0.4) is 0 Å². The Bertz CT molecular complexity index is 677. The van der Waals surface area contributed by atoms with Crippen LogP contribution in [0.4, 0.5) is 4.79 Å². The Morgan fingerprint density at radius 3 is 2.42 bits per heavy atom. The molecule has 1 saturated heterocycles. The van der Waals surface area contributed by atoms with Crippen molar-refractivity contribution in [3.05, 3.63) is 71.8 Å². The molecule has 1 fully saturated rings. The lowest BCUT2D eigenvalue weighted by molar-refractivity contribution is 0.0911. The number of hydrogen-bond acceptors (Lipinski definition) is 3. The molecule has 1 aliphatic rings. The molecule has 2 N–H and O–H groups in total. The molecule has 0 unspecified atom stereocenters. The minimum atomic E-state index is -0.112. The zero-order valence-electron chi connectivity index (χ0n) is 15.4. The van der Waals surface area contributed by atoms with E-state index in [0.29, 0.717) is 19.1 Å². The van der Waals surface area contributed by atoms with Gasteiger partial charge in [0.15, 0.2) is 0 Å². The quantitative estimate of drug-likeness (QED) is 0.840. The summed E-state index contributed by atoms with van der Waals surface area (Å²) < 4.78 is 0. The van der Waals surface area contributed by atoms with Crippen molar-refractivity contribution in [2.24, 2.45) is 0 Å². The summed E-state index contributed by atoms with van der Waals surface area (Å²) in [6, 6.07) is 20.8. The lowest BCUT2D eigenvalue weighted by Gasteiger charge is -2.40. The SMILES string of the molecule is CN1CCN(CCNC(=O)NCc2ccccc2)[C@H](c2ccccc2)C1. The maximum atomic E-state index is 12.0. The fraction of sp³-hybridized carbons (Fsp3) is 0.381. The lowest BCUT2D eigenvalue weighted by Crippen LogP contribution is -2.49. The predicted octanol–water partition coefficient (Wildman–Crippen LogP) is 2.47. The van der Waals surface area contributed by atoms with E-state index in [1.54, 1.807) is 0 Å². The number of benzene rings is 2. The molecule has 0 radical (unpaired) electrons. The van der Waals surface area contributed by atoms with Crippen molar-refractivity contribution in [1.29, 1.82) is 0 Å². The Hall–Kier alpha value is -2.37. The first-order chi connectivity index (χ1) is 12.7. The third-order valence-electron chi connectivity index (χ3n) is 4.86.